The van der Waals surface area contributed by atoms with Gasteiger partial charge in [0.25, 0.3) is 11.1 Å². The minimum atomic E-state index is -0.358. The number of amides is 2. The summed E-state index contributed by atoms with van der Waals surface area (Å²) in [5, 5.41) is 0.521. The molecule has 33 heavy (non-hydrogen) atoms. The van der Waals surface area contributed by atoms with E-state index in [1.165, 1.54) is 4.90 Å². The Hall–Kier alpha value is -3.04. The van der Waals surface area contributed by atoms with Crippen LogP contribution in [0.15, 0.2) is 64.1 Å². The Morgan fingerprint density at radius 3 is 2.70 bits per heavy atom. The average Bonchev–Trinajstić information content (AvgIpc) is 3.25. The van der Waals surface area contributed by atoms with Crippen LogP contribution in [0.1, 0.15) is 12.5 Å². The summed E-state index contributed by atoms with van der Waals surface area (Å²) in [7, 11) is 0. The summed E-state index contributed by atoms with van der Waals surface area (Å²) in [6.45, 7) is 2.49. The summed E-state index contributed by atoms with van der Waals surface area (Å²) in [4.78, 5) is 38.9. The number of esters is 1. The summed E-state index contributed by atoms with van der Waals surface area (Å²) in [5.41, 5.74) is 1.56. The molecule has 4 rings (SSSR count). The van der Waals surface area contributed by atoms with E-state index in [9.17, 15) is 14.4 Å². The zero-order valence-electron chi connectivity index (χ0n) is 17.8. The van der Waals surface area contributed by atoms with Gasteiger partial charge in [-0.15, -0.1) is 0 Å². The quantitative estimate of drug-likeness (QED) is 0.299. The molecule has 0 N–H and O–H groups in total. The molecule has 1 aliphatic rings. The van der Waals surface area contributed by atoms with Crippen LogP contribution >= 0.6 is 27.7 Å². The molecule has 1 saturated heterocycles. The fourth-order valence-corrected chi connectivity index (χ4v) is 4.71. The lowest BCUT2D eigenvalue weighted by Gasteiger charge is -2.13. The average molecular weight is 529 g/mol. The monoisotopic (exact) mass is 528 g/mol. The van der Waals surface area contributed by atoms with E-state index in [0.29, 0.717) is 17.3 Å². The molecule has 1 aliphatic heterocycles. The van der Waals surface area contributed by atoms with Crippen molar-refractivity contribution in [2.45, 2.75) is 13.5 Å². The van der Waals surface area contributed by atoms with Crippen molar-refractivity contribution in [3.05, 3.63) is 69.7 Å². The fraction of sp³-hybridized carbons (Fsp3) is 0.208. The number of ether oxygens (including phenoxy) is 2. The third-order valence-electron chi connectivity index (χ3n) is 4.97. The first-order valence-corrected chi connectivity index (χ1v) is 11.9. The molecule has 9 heteroatoms. The minimum absolute atomic E-state index is 0.0537. The lowest BCUT2D eigenvalue weighted by molar-refractivity contribution is -0.143. The van der Waals surface area contributed by atoms with Crippen LogP contribution in [0.5, 0.6) is 5.75 Å². The molecule has 0 aliphatic carbocycles. The molecule has 3 aromatic rings. The molecule has 170 valence electrons. The zero-order chi connectivity index (χ0) is 23.4. The number of carbonyl (C=O) groups excluding carboxylic acids is 3. The molecule has 1 aromatic heterocycles. The molecular weight excluding hydrogens is 508 g/mol. The Kier molecular flexibility index (Phi) is 7.20. The van der Waals surface area contributed by atoms with E-state index < -0.39 is 0 Å². The van der Waals surface area contributed by atoms with Crippen molar-refractivity contribution in [1.29, 1.82) is 0 Å². The van der Waals surface area contributed by atoms with Gasteiger partial charge in [0.15, 0.2) is 0 Å². The van der Waals surface area contributed by atoms with E-state index in [1.54, 1.807) is 23.8 Å². The van der Waals surface area contributed by atoms with E-state index in [4.69, 9.17) is 9.47 Å². The normalized spacial score (nSPS) is 15.0. The first kappa shape index (κ1) is 23.1. The Balaban J connectivity index is 1.55. The number of nitrogens with zero attached hydrogens (tertiary/aromatic N) is 2. The summed E-state index contributed by atoms with van der Waals surface area (Å²) in [5.74, 6) is -0.0226. The van der Waals surface area contributed by atoms with E-state index in [-0.39, 0.29) is 36.8 Å². The molecule has 7 nitrogen and oxygen atoms in total. The second kappa shape index (κ2) is 10.3. The van der Waals surface area contributed by atoms with Crippen LogP contribution < -0.4 is 4.74 Å². The number of thioether (sulfide) groups is 1. The third kappa shape index (κ3) is 5.31. The van der Waals surface area contributed by atoms with Crippen molar-refractivity contribution in [2.24, 2.45) is 0 Å². The third-order valence-corrected chi connectivity index (χ3v) is 6.37. The van der Waals surface area contributed by atoms with Crippen LogP contribution in [0.2, 0.25) is 0 Å². The number of para-hydroxylation sites is 1. The van der Waals surface area contributed by atoms with E-state index in [1.807, 2.05) is 48.5 Å². The molecule has 0 spiro atoms. The van der Waals surface area contributed by atoms with Crippen LogP contribution in [0.25, 0.3) is 17.0 Å². The predicted octanol–water partition coefficient (Wildman–Crippen LogP) is 5.08. The Morgan fingerprint density at radius 2 is 1.94 bits per heavy atom. The Bertz CT molecular complexity index is 1240. The van der Waals surface area contributed by atoms with Gasteiger partial charge in [-0.25, -0.2) is 0 Å². The number of fused-ring (bicyclic) bond motifs is 1. The number of hydrogen-bond acceptors (Lipinski definition) is 6. The highest BCUT2D eigenvalue weighted by molar-refractivity contribution is 9.10. The van der Waals surface area contributed by atoms with Crippen molar-refractivity contribution in [1.82, 2.24) is 9.47 Å². The van der Waals surface area contributed by atoms with Gasteiger partial charge >= 0.3 is 5.97 Å². The maximum Gasteiger partial charge on any atom is 0.325 e. The topological polar surface area (TPSA) is 77.8 Å². The zero-order valence-corrected chi connectivity index (χ0v) is 20.2. The number of hydrogen-bond donors (Lipinski definition) is 0. The van der Waals surface area contributed by atoms with Crippen LogP contribution in [0, 0.1) is 0 Å². The largest absolute Gasteiger partial charge is 0.492 e. The minimum Gasteiger partial charge on any atom is -0.492 e. The number of rotatable bonds is 8. The maximum absolute atomic E-state index is 12.9. The SMILES string of the molecule is CCOC(=O)Cn1cc(/C=C2\SC(=O)N(CCOc3ccccc3)C2=O)c2cc(Br)ccc21. The highest BCUT2D eigenvalue weighted by atomic mass is 79.9. The fourth-order valence-electron chi connectivity index (χ4n) is 3.49. The van der Waals surface area contributed by atoms with Gasteiger partial charge in [0.05, 0.1) is 18.1 Å². The van der Waals surface area contributed by atoms with Gasteiger partial charge in [0.1, 0.15) is 18.9 Å². The summed E-state index contributed by atoms with van der Waals surface area (Å²) in [6, 6.07) is 14.9. The Morgan fingerprint density at radius 1 is 1.15 bits per heavy atom. The van der Waals surface area contributed by atoms with Gasteiger partial charge in [-0.05, 0) is 55.1 Å². The van der Waals surface area contributed by atoms with E-state index in [2.05, 4.69) is 15.9 Å². The van der Waals surface area contributed by atoms with Crippen molar-refractivity contribution in [2.75, 3.05) is 19.8 Å². The van der Waals surface area contributed by atoms with Crippen LogP contribution in [-0.2, 0) is 20.9 Å². The number of benzene rings is 2. The lowest BCUT2D eigenvalue weighted by Crippen LogP contribution is -2.32. The van der Waals surface area contributed by atoms with Crippen LogP contribution in [0.3, 0.4) is 0 Å². The van der Waals surface area contributed by atoms with Crippen molar-refractivity contribution in [3.63, 3.8) is 0 Å². The molecule has 0 bridgehead atoms. The lowest BCUT2D eigenvalue weighted by atomic mass is 10.1. The smallest absolute Gasteiger partial charge is 0.325 e. The second-order valence-corrected chi connectivity index (χ2v) is 9.08. The van der Waals surface area contributed by atoms with Gasteiger partial charge in [-0.2, -0.15) is 0 Å². The number of aromatic nitrogens is 1. The van der Waals surface area contributed by atoms with Crippen LogP contribution in [0.4, 0.5) is 4.79 Å². The van der Waals surface area contributed by atoms with Crippen LogP contribution in [-0.4, -0.2) is 46.3 Å². The van der Waals surface area contributed by atoms with Gasteiger partial charge < -0.3 is 14.0 Å². The van der Waals surface area contributed by atoms with Crippen molar-refractivity contribution in [3.8, 4) is 5.75 Å². The van der Waals surface area contributed by atoms with Gasteiger partial charge in [0, 0.05) is 27.1 Å². The molecule has 0 atom stereocenters. The highest BCUT2D eigenvalue weighted by Gasteiger charge is 2.35. The van der Waals surface area contributed by atoms with E-state index in [0.717, 1.165) is 32.7 Å². The summed E-state index contributed by atoms with van der Waals surface area (Å²) >= 11 is 4.37. The first-order chi connectivity index (χ1) is 16.0. The highest BCUT2D eigenvalue weighted by Crippen LogP contribution is 2.34. The van der Waals surface area contributed by atoms with Gasteiger partial charge in [-0.3, -0.25) is 19.3 Å². The molecular formula is C24H21BrN2O5S. The standard InChI is InChI=1S/C24H21BrN2O5S/c1-2-31-22(28)15-26-14-16(19-13-17(25)8-9-20(19)26)12-21-23(29)27(24(30)33-21)10-11-32-18-6-4-3-5-7-18/h3-9,12-14H,2,10-11,15H2,1H3/b21-12-. The first-order valence-electron chi connectivity index (χ1n) is 10.3. The number of imide groups is 1. The van der Waals surface area contributed by atoms with Gasteiger partial charge in [0.2, 0.25) is 0 Å². The van der Waals surface area contributed by atoms with Gasteiger partial charge in [-0.1, -0.05) is 34.1 Å². The van der Waals surface area contributed by atoms with E-state index >= 15 is 0 Å². The molecule has 2 amide bonds. The molecule has 1 fully saturated rings. The summed E-state index contributed by atoms with van der Waals surface area (Å²) in [6.07, 6.45) is 3.49. The van der Waals surface area contributed by atoms with Crippen molar-refractivity contribution >= 4 is 61.8 Å². The second-order valence-electron chi connectivity index (χ2n) is 7.17. The molecule has 0 saturated carbocycles. The predicted molar refractivity (Wildman–Crippen MR) is 131 cm³/mol. The summed E-state index contributed by atoms with van der Waals surface area (Å²) < 4.78 is 13.3. The molecule has 2 aromatic carbocycles. The molecule has 0 unspecified atom stereocenters. The maximum atomic E-state index is 12.9. The molecule has 2 heterocycles. The Labute approximate surface area is 203 Å². The molecule has 0 radical (unpaired) electrons. The number of halogens is 1. The van der Waals surface area contributed by atoms with Crippen molar-refractivity contribution < 1.29 is 23.9 Å². The number of carbonyl (C=O) groups is 3.